The van der Waals surface area contributed by atoms with Gasteiger partial charge in [0.1, 0.15) is 23.9 Å². The Balaban J connectivity index is 1.51. The van der Waals surface area contributed by atoms with E-state index in [2.05, 4.69) is 5.32 Å². The van der Waals surface area contributed by atoms with Crippen LogP contribution in [0.5, 0.6) is 0 Å². The second-order valence-electron chi connectivity index (χ2n) is 7.10. The van der Waals surface area contributed by atoms with Gasteiger partial charge in [-0.3, -0.25) is 9.59 Å². The van der Waals surface area contributed by atoms with Crippen LogP contribution in [0.1, 0.15) is 21.7 Å². The molecule has 0 radical (unpaired) electrons. The summed E-state index contributed by atoms with van der Waals surface area (Å²) in [5, 5.41) is 2.77. The molecule has 2 heterocycles. The number of methoxy groups -OCH3 is 1. The monoisotopic (exact) mass is 408 g/mol. The third-order valence-electron chi connectivity index (χ3n) is 4.95. The summed E-state index contributed by atoms with van der Waals surface area (Å²) in [6, 6.07) is 14.9. The summed E-state index contributed by atoms with van der Waals surface area (Å²) in [7, 11) is 1.47. The van der Waals surface area contributed by atoms with Crippen molar-refractivity contribution in [2.45, 2.75) is 13.0 Å². The molecule has 1 aliphatic rings. The molecule has 1 aliphatic heterocycles. The largest absolute Gasteiger partial charge is 0.461 e. The number of fused-ring (bicyclic) bond motifs is 1. The molecule has 3 aromatic rings. The van der Waals surface area contributed by atoms with E-state index in [1.165, 1.54) is 31.4 Å². The van der Waals surface area contributed by atoms with E-state index >= 15 is 0 Å². The molecular weight excluding hydrogens is 387 g/mol. The second-order valence-corrected chi connectivity index (χ2v) is 7.10. The molecule has 0 unspecified atom stereocenters. The molecule has 30 heavy (non-hydrogen) atoms. The molecule has 1 N–H and O–H groups in total. The summed E-state index contributed by atoms with van der Waals surface area (Å²) in [6.45, 7) is 0.944. The summed E-state index contributed by atoms with van der Waals surface area (Å²) >= 11 is 0. The minimum Gasteiger partial charge on any atom is -0.461 e. The number of anilines is 1. The molecule has 0 aliphatic carbocycles. The van der Waals surface area contributed by atoms with E-state index in [1.54, 1.807) is 11.0 Å². The highest BCUT2D eigenvalue weighted by Gasteiger charge is 2.25. The van der Waals surface area contributed by atoms with E-state index in [4.69, 9.17) is 9.15 Å². The topological polar surface area (TPSA) is 71.8 Å². The highest BCUT2D eigenvalue weighted by molar-refractivity contribution is 5.94. The zero-order chi connectivity index (χ0) is 21.1. The number of hydrogen-bond donors (Lipinski definition) is 1. The van der Waals surface area contributed by atoms with Gasteiger partial charge in [0.05, 0.1) is 0 Å². The van der Waals surface area contributed by atoms with Crippen LogP contribution in [0.3, 0.4) is 0 Å². The quantitative estimate of drug-likeness (QED) is 0.696. The Morgan fingerprint density at radius 2 is 1.97 bits per heavy atom. The molecular formula is C23H21FN2O4. The maximum Gasteiger partial charge on any atom is 0.254 e. The van der Waals surface area contributed by atoms with E-state index in [-0.39, 0.29) is 24.2 Å². The zero-order valence-corrected chi connectivity index (χ0v) is 16.5. The van der Waals surface area contributed by atoms with Crippen LogP contribution >= 0.6 is 0 Å². The van der Waals surface area contributed by atoms with Crippen LogP contribution < -0.4 is 5.32 Å². The van der Waals surface area contributed by atoms with E-state index in [1.807, 2.05) is 24.3 Å². The fourth-order valence-corrected chi connectivity index (χ4v) is 3.50. The molecule has 1 aromatic heterocycles. The average Bonchev–Trinajstić information content (AvgIpc) is 3.17. The van der Waals surface area contributed by atoms with Crippen molar-refractivity contribution in [1.82, 2.24) is 4.90 Å². The van der Waals surface area contributed by atoms with Gasteiger partial charge in [-0.15, -0.1) is 0 Å². The number of nitrogens with zero attached hydrogens (tertiary/aromatic N) is 1. The number of carbonyl (C=O) groups excluding carboxylic acids is 2. The number of ether oxygens (including phenoxy) is 1. The Hall–Kier alpha value is -3.45. The van der Waals surface area contributed by atoms with E-state index in [9.17, 15) is 14.0 Å². The highest BCUT2D eigenvalue weighted by Crippen LogP contribution is 2.31. The summed E-state index contributed by atoms with van der Waals surface area (Å²) in [6.07, 6.45) is 0.604. The number of halogens is 1. The van der Waals surface area contributed by atoms with Crippen LogP contribution in [0, 0.1) is 5.82 Å². The minimum absolute atomic E-state index is 0.0167. The number of amides is 2. The van der Waals surface area contributed by atoms with Gasteiger partial charge in [-0.25, -0.2) is 4.39 Å². The fraction of sp³-hybridized carbons (Fsp3) is 0.217. The maximum absolute atomic E-state index is 13.1. The molecule has 2 aromatic carbocycles. The molecule has 0 saturated carbocycles. The Kier molecular flexibility index (Phi) is 5.63. The fourth-order valence-electron chi connectivity index (χ4n) is 3.50. The molecule has 6 nitrogen and oxygen atoms in total. The first-order valence-electron chi connectivity index (χ1n) is 9.59. The van der Waals surface area contributed by atoms with Gasteiger partial charge in [-0.2, -0.15) is 0 Å². The number of hydrogen-bond acceptors (Lipinski definition) is 4. The number of furan rings is 1. The number of carbonyl (C=O) groups is 2. The van der Waals surface area contributed by atoms with Crippen molar-refractivity contribution in [3.8, 4) is 11.3 Å². The SMILES string of the molecule is COCC(=O)Nc1cccc(-c2cc3c(o2)CCN(C(=O)c2ccc(F)cc2)C3)c1. The Labute approximate surface area is 173 Å². The lowest BCUT2D eigenvalue weighted by Gasteiger charge is -2.26. The third-order valence-corrected chi connectivity index (χ3v) is 4.95. The van der Waals surface area contributed by atoms with Gasteiger partial charge in [-0.05, 0) is 42.5 Å². The summed E-state index contributed by atoms with van der Waals surface area (Å²) in [5.74, 6) is 0.795. The van der Waals surface area contributed by atoms with Gasteiger partial charge in [0, 0.05) is 49.0 Å². The first-order chi connectivity index (χ1) is 14.5. The molecule has 4 rings (SSSR count). The number of rotatable bonds is 5. The first kappa shape index (κ1) is 19.8. The van der Waals surface area contributed by atoms with Gasteiger partial charge in [0.2, 0.25) is 5.91 Å². The lowest BCUT2D eigenvalue weighted by Crippen LogP contribution is -2.35. The molecule has 0 spiro atoms. The molecule has 0 bridgehead atoms. The normalized spacial score (nSPS) is 13.1. The molecule has 7 heteroatoms. The van der Waals surface area contributed by atoms with Gasteiger partial charge in [0.25, 0.3) is 5.91 Å². The highest BCUT2D eigenvalue weighted by atomic mass is 19.1. The van der Waals surface area contributed by atoms with Crippen LogP contribution in [-0.4, -0.2) is 37.0 Å². The molecule has 0 atom stereocenters. The standard InChI is InChI=1S/C23H21FN2O4/c1-29-14-22(27)25-19-4-2-3-16(11-19)21-12-17-13-26(10-9-20(17)30-21)23(28)15-5-7-18(24)8-6-15/h2-8,11-12H,9-10,13-14H2,1H3,(H,25,27). The molecule has 0 fully saturated rings. The summed E-state index contributed by atoms with van der Waals surface area (Å²) in [4.78, 5) is 26.2. The van der Waals surface area contributed by atoms with Gasteiger partial charge in [0.15, 0.2) is 0 Å². The Morgan fingerprint density at radius 1 is 1.17 bits per heavy atom. The molecule has 154 valence electrons. The molecule has 0 saturated heterocycles. The van der Waals surface area contributed by atoms with Gasteiger partial charge in [-0.1, -0.05) is 12.1 Å². The van der Waals surface area contributed by atoms with Gasteiger partial charge >= 0.3 is 0 Å². The first-order valence-corrected chi connectivity index (χ1v) is 9.59. The maximum atomic E-state index is 13.1. The Morgan fingerprint density at radius 3 is 2.73 bits per heavy atom. The van der Waals surface area contributed by atoms with Crippen LogP contribution in [0.15, 0.2) is 59.0 Å². The molecule has 2 amide bonds. The van der Waals surface area contributed by atoms with Crippen LogP contribution in [-0.2, 0) is 22.5 Å². The smallest absolute Gasteiger partial charge is 0.254 e. The summed E-state index contributed by atoms with van der Waals surface area (Å²) in [5.41, 5.74) is 2.89. The summed E-state index contributed by atoms with van der Waals surface area (Å²) < 4.78 is 24.0. The van der Waals surface area contributed by atoms with E-state index < -0.39 is 0 Å². The minimum atomic E-state index is -0.368. The number of benzene rings is 2. The van der Waals surface area contributed by atoms with Crippen molar-refractivity contribution in [1.29, 1.82) is 0 Å². The predicted octanol–water partition coefficient (Wildman–Crippen LogP) is 3.87. The second kappa shape index (κ2) is 8.51. The van der Waals surface area contributed by atoms with Crippen molar-refractivity contribution in [2.24, 2.45) is 0 Å². The number of nitrogens with one attached hydrogen (secondary N) is 1. The van der Waals surface area contributed by atoms with E-state index in [0.29, 0.717) is 36.5 Å². The van der Waals surface area contributed by atoms with Crippen molar-refractivity contribution < 1.29 is 23.1 Å². The van der Waals surface area contributed by atoms with Crippen molar-refractivity contribution in [3.63, 3.8) is 0 Å². The lowest BCUT2D eigenvalue weighted by molar-refractivity contribution is -0.119. The predicted molar refractivity (Wildman–Crippen MR) is 109 cm³/mol. The van der Waals surface area contributed by atoms with Gasteiger partial charge < -0.3 is 19.4 Å². The van der Waals surface area contributed by atoms with Crippen LogP contribution in [0.4, 0.5) is 10.1 Å². The zero-order valence-electron chi connectivity index (χ0n) is 16.5. The Bertz CT molecular complexity index is 1080. The van der Waals surface area contributed by atoms with E-state index in [0.717, 1.165) is 16.9 Å². The lowest BCUT2D eigenvalue weighted by atomic mass is 10.1. The third kappa shape index (κ3) is 4.26. The van der Waals surface area contributed by atoms with Crippen molar-refractivity contribution >= 4 is 17.5 Å². The van der Waals surface area contributed by atoms with Crippen LogP contribution in [0.25, 0.3) is 11.3 Å². The van der Waals surface area contributed by atoms with Crippen LogP contribution in [0.2, 0.25) is 0 Å². The van der Waals surface area contributed by atoms with Crippen molar-refractivity contribution in [3.05, 3.63) is 77.3 Å². The average molecular weight is 408 g/mol. The van der Waals surface area contributed by atoms with Crippen molar-refractivity contribution in [2.75, 3.05) is 25.6 Å².